The fourth-order valence-corrected chi connectivity index (χ4v) is 3.15. The molecule has 0 radical (unpaired) electrons. The molecule has 2 unspecified atom stereocenters. The largest absolute Gasteiger partial charge is 0.293 e. The quantitative estimate of drug-likeness (QED) is 0.419. The number of benzene rings is 2. The molecular weight excluding hydrogens is 427 g/mol. The highest BCUT2D eigenvalue weighted by Gasteiger charge is 2.26. The molecule has 104 valence electrons. The van der Waals surface area contributed by atoms with Crippen molar-refractivity contribution < 1.29 is 4.79 Å². The zero-order valence-corrected chi connectivity index (χ0v) is 14.9. The Morgan fingerprint density at radius 2 is 1.60 bits per heavy atom. The van der Waals surface area contributed by atoms with Crippen LogP contribution in [-0.2, 0) is 0 Å². The van der Waals surface area contributed by atoms with Crippen LogP contribution in [0.5, 0.6) is 0 Å². The topological polar surface area (TPSA) is 17.1 Å². The van der Waals surface area contributed by atoms with E-state index in [1.807, 2.05) is 24.3 Å². The first-order chi connectivity index (χ1) is 9.50. The number of ketones is 1. The summed E-state index contributed by atoms with van der Waals surface area (Å²) >= 11 is 18.9. The van der Waals surface area contributed by atoms with Crippen molar-refractivity contribution in [3.05, 3.63) is 69.7 Å². The van der Waals surface area contributed by atoms with Gasteiger partial charge in [0, 0.05) is 5.56 Å². The van der Waals surface area contributed by atoms with Gasteiger partial charge in [-0.3, -0.25) is 4.79 Å². The SMILES string of the molecule is O=C(c1ccccc1)C(Br)C(Br)c1ccc(Cl)c(Cl)c1. The zero-order valence-electron chi connectivity index (χ0n) is 10.2. The summed E-state index contributed by atoms with van der Waals surface area (Å²) in [5.74, 6) is 0.0125. The van der Waals surface area contributed by atoms with Gasteiger partial charge in [-0.05, 0) is 17.7 Å². The van der Waals surface area contributed by atoms with E-state index in [1.165, 1.54) is 0 Å². The van der Waals surface area contributed by atoms with Crippen LogP contribution in [0.25, 0.3) is 0 Å². The van der Waals surface area contributed by atoms with E-state index in [4.69, 9.17) is 23.2 Å². The lowest BCUT2D eigenvalue weighted by atomic mass is 10.0. The molecule has 0 aromatic heterocycles. The molecule has 2 aromatic carbocycles. The molecule has 0 aliphatic rings. The Hall–Kier alpha value is -0.350. The van der Waals surface area contributed by atoms with E-state index in [-0.39, 0.29) is 15.4 Å². The van der Waals surface area contributed by atoms with E-state index in [0.29, 0.717) is 15.6 Å². The number of alkyl halides is 2. The van der Waals surface area contributed by atoms with Crippen molar-refractivity contribution in [3.63, 3.8) is 0 Å². The second-order valence-electron chi connectivity index (χ2n) is 4.21. The molecule has 0 N–H and O–H groups in total. The number of hydrogen-bond acceptors (Lipinski definition) is 1. The molecule has 0 saturated heterocycles. The van der Waals surface area contributed by atoms with Gasteiger partial charge in [0.2, 0.25) is 0 Å². The molecular formula is C15H10Br2Cl2O. The van der Waals surface area contributed by atoms with Crippen LogP contribution in [0.1, 0.15) is 20.7 Å². The Kier molecular flexibility index (Phi) is 5.67. The number of Topliss-reactive ketones (excluding diaryl/α,β-unsaturated/α-hetero) is 1. The number of carbonyl (C=O) groups excluding carboxylic acids is 1. The van der Waals surface area contributed by atoms with Crippen molar-refractivity contribution in [3.8, 4) is 0 Å². The van der Waals surface area contributed by atoms with Crippen LogP contribution in [0.3, 0.4) is 0 Å². The van der Waals surface area contributed by atoms with Gasteiger partial charge in [0.15, 0.2) is 5.78 Å². The maximum absolute atomic E-state index is 12.4. The summed E-state index contributed by atoms with van der Waals surface area (Å²) in [6.07, 6.45) is 0. The van der Waals surface area contributed by atoms with E-state index < -0.39 is 0 Å². The molecule has 5 heteroatoms. The van der Waals surface area contributed by atoms with Crippen molar-refractivity contribution in [1.82, 2.24) is 0 Å². The van der Waals surface area contributed by atoms with Crippen LogP contribution < -0.4 is 0 Å². The average molecular weight is 437 g/mol. The van der Waals surface area contributed by atoms with Gasteiger partial charge in [0.1, 0.15) is 0 Å². The lowest BCUT2D eigenvalue weighted by Gasteiger charge is -2.17. The predicted molar refractivity (Wildman–Crippen MR) is 91.6 cm³/mol. The van der Waals surface area contributed by atoms with Crippen LogP contribution in [0, 0.1) is 0 Å². The third-order valence-electron chi connectivity index (χ3n) is 2.83. The lowest BCUT2D eigenvalue weighted by molar-refractivity contribution is 0.0991. The number of hydrogen-bond donors (Lipinski definition) is 0. The number of halogens is 4. The highest BCUT2D eigenvalue weighted by atomic mass is 79.9. The monoisotopic (exact) mass is 434 g/mol. The maximum Gasteiger partial charge on any atom is 0.177 e. The Morgan fingerprint density at radius 3 is 2.20 bits per heavy atom. The average Bonchev–Trinajstić information content (AvgIpc) is 2.48. The van der Waals surface area contributed by atoms with Crippen molar-refractivity contribution in [2.75, 3.05) is 0 Å². The number of rotatable bonds is 4. The van der Waals surface area contributed by atoms with Gasteiger partial charge in [-0.1, -0.05) is 91.5 Å². The van der Waals surface area contributed by atoms with Crippen molar-refractivity contribution in [1.29, 1.82) is 0 Å². The van der Waals surface area contributed by atoms with Gasteiger partial charge in [-0.15, -0.1) is 0 Å². The van der Waals surface area contributed by atoms with Crippen LogP contribution >= 0.6 is 55.1 Å². The van der Waals surface area contributed by atoms with Gasteiger partial charge in [-0.2, -0.15) is 0 Å². The third kappa shape index (κ3) is 3.64. The highest BCUT2D eigenvalue weighted by molar-refractivity contribution is 9.12. The normalized spacial score (nSPS) is 13.8. The first kappa shape index (κ1) is 16.0. The summed E-state index contributed by atoms with van der Waals surface area (Å²) in [4.78, 5) is 11.8. The fourth-order valence-electron chi connectivity index (χ4n) is 1.75. The van der Waals surface area contributed by atoms with Crippen molar-refractivity contribution in [2.45, 2.75) is 9.65 Å². The van der Waals surface area contributed by atoms with E-state index in [9.17, 15) is 4.79 Å². The second kappa shape index (κ2) is 7.08. The van der Waals surface area contributed by atoms with Gasteiger partial charge >= 0.3 is 0 Å². The van der Waals surface area contributed by atoms with E-state index >= 15 is 0 Å². The molecule has 0 spiro atoms. The molecule has 0 heterocycles. The van der Waals surface area contributed by atoms with E-state index in [0.717, 1.165) is 5.56 Å². The molecule has 2 atom stereocenters. The minimum absolute atomic E-state index is 0.0125. The van der Waals surface area contributed by atoms with Crippen LogP contribution in [0.15, 0.2) is 48.5 Å². The van der Waals surface area contributed by atoms with Crippen LogP contribution in [-0.4, -0.2) is 10.6 Å². The molecule has 0 bridgehead atoms. The molecule has 20 heavy (non-hydrogen) atoms. The summed E-state index contributed by atoms with van der Waals surface area (Å²) in [5, 5.41) is 0.969. The summed E-state index contributed by atoms with van der Waals surface area (Å²) in [7, 11) is 0. The van der Waals surface area contributed by atoms with Gasteiger partial charge in [0.05, 0.1) is 19.7 Å². The lowest BCUT2D eigenvalue weighted by Crippen LogP contribution is -2.19. The zero-order chi connectivity index (χ0) is 14.7. The van der Waals surface area contributed by atoms with E-state index in [2.05, 4.69) is 31.9 Å². The smallest absolute Gasteiger partial charge is 0.177 e. The Bertz CT molecular complexity index is 617. The van der Waals surface area contributed by atoms with Crippen LogP contribution in [0.4, 0.5) is 0 Å². The van der Waals surface area contributed by atoms with Crippen molar-refractivity contribution >= 4 is 60.8 Å². The van der Waals surface area contributed by atoms with Crippen LogP contribution in [0.2, 0.25) is 10.0 Å². The second-order valence-corrected chi connectivity index (χ2v) is 6.99. The molecule has 2 rings (SSSR count). The molecule has 0 fully saturated rings. The van der Waals surface area contributed by atoms with E-state index in [1.54, 1.807) is 24.3 Å². The Balaban J connectivity index is 2.22. The van der Waals surface area contributed by atoms with Gasteiger partial charge in [0.25, 0.3) is 0 Å². The summed E-state index contributed by atoms with van der Waals surface area (Å²) < 4.78 is 0. The molecule has 0 amide bonds. The fraction of sp³-hybridized carbons (Fsp3) is 0.133. The molecule has 1 nitrogen and oxygen atoms in total. The highest BCUT2D eigenvalue weighted by Crippen LogP contribution is 2.36. The van der Waals surface area contributed by atoms with Gasteiger partial charge < -0.3 is 0 Å². The Morgan fingerprint density at radius 1 is 0.950 bits per heavy atom. The summed E-state index contributed by atoms with van der Waals surface area (Å²) in [6.45, 7) is 0. The minimum Gasteiger partial charge on any atom is -0.293 e. The molecule has 0 aliphatic carbocycles. The maximum atomic E-state index is 12.4. The third-order valence-corrected chi connectivity index (χ3v) is 6.28. The first-order valence-electron chi connectivity index (χ1n) is 5.83. The van der Waals surface area contributed by atoms with Gasteiger partial charge in [-0.25, -0.2) is 0 Å². The summed E-state index contributed by atoms with van der Waals surface area (Å²) in [6, 6.07) is 14.5. The molecule has 2 aromatic rings. The molecule has 0 saturated carbocycles. The first-order valence-corrected chi connectivity index (χ1v) is 8.42. The standard InChI is InChI=1S/C15H10Br2Cl2O/c16-13(10-6-7-11(18)12(19)8-10)14(17)15(20)9-4-2-1-3-5-9/h1-8,13-14H. The Labute approximate surface area is 144 Å². The minimum atomic E-state index is -0.387. The summed E-state index contributed by atoms with van der Waals surface area (Å²) in [5.41, 5.74) is 1.56. The number of carbonyl (C=O) groups is 1. The van der Waals surface area contributed by atoms with Crippen molar-refractivity contribution in [2.24, 2.45) is 0 Å². The predicted octanol–water partition coefficient (Wildman–Crippen LogP) is 6.08. The molecule has 0 aliphatic heterocycles.